The molecule has 2 aromatic rings. The van der Waals surface area contributed by atoms with Gasteiger partial charge in [0.1, 0.15) is 0 Å². The molecule has 0 radical (unpaired) electrons. The van der Waals surface area contributed by atoms with Crippen LogP contribution < -0.4 is 0 Å². The van der Waals surface area contributed by atoms with E-state index in [1.807, 2.05) is 62.4 Å². The summed E-state index contributed by atoms with van der Waals surface area (Å²) in [6.45, 7) is 4.00. The molecule has 0 spiro atoms. The highest BCUT2D eigenvalue weighted by Gasteiger charge is 2.07. The molecule has 0 bridgehead atoms. The molecule has 1 N–H and O–H groups in total. The summed E-state index contributed by atoms with van der Waals surface area (Å²) < 4.78 is 0. The molecule has 1 atom stereocenters. The van der Waals surface area contributed by atoms with Gasteiger partial charge in [0.05, 0.1) is 6.10 Å². The van der Waals surface area contributed by atoms with Crippen LogP contribution in [-0.4, -0.2) is 10.1 Å². The lowest BCUT2D eigenvalue weighted by Gasteiger charge is -2.09. The first-order chi connectivity index (χ1) is 8.36. The number of aliphatic hydroxyl groups excluding tert-OH is 1. The van der Waals surface area contributed by atoms with Gasteiger partial charge in [-0.2, -0.15) is 0 Å². The Bertz CT molecular complexity index is 400. The quantitative estimate of drug-likeness (QED) is 0.875. The molecule has 0 fully saturated rings. The third-order valence-electron chi connectivity index (χ3n) is 2.31. The van der Waals surface area contributed by atoms with E-state index >= 15 is 0 Å². The van der Waals surface area contributed by atoms with Gasteiger partial charge in [-0.3, -0.25) is 4.98 Å². The van der Waals surface area contributed by atoms with Crippen LogP contribution in [0.5, 0.6) is 0 Å². The number of aromatic nitrogens is 1. The van der Waals surface area contributed by atoms with Crippen LogP contribution in [0.15, 0.2) is 54.7 Å². The first-order valence-corrected chi connectivity index (χ1v) is 5.99. The second-order valence-corrected chi connectivity index (χ2v) is 3.45. The molecule has 0 aliphatic heterocycles. The number of hydrogen-bond donors (Lipinski definition) is 1. The summed E-state index contributed by atoms with van der Waals surface area (Å²) in [4.78, 5) is 4.18. The molecule has 17 heavy (non-hydrogen) atoms. The van der Waals surface area contributed by atoms with Crippen molar-refractivity contribution in [2.75, 3.05) is 0 Å². The Labute approximate surface area is 103 Å². The molecule has 0 aliphatic rings. The normalized spacial score (nSPS) is 11.2. The molecule has 1 heterocycles. The molecule has 0 aliphatic carbocycles. The Kier molecular flexibility index (Phi) is 5.97. The van der Waals surface area contributed by atoms with Gasteiger partial charge in [0.2, 0.25) is 0 Å². The third kappa shape index (κ3) is 4.37. The van der Waals surface area contributed by atoms with Crippen LogP contribution in [-0.2, 0) is 6.42 Å². The molecule has 1 aromatic heterocycles. The van der Waals surface area contributed by atoms with E-state index in [4.69, 9.17) is 0 Å². The van der Waals surface area contributed by atoms with Crippen LogP contribution in [0.4, 0.5) is 0 Å². The maximum Gasteiger partial charge on any atom is 0.0845 e. The van der Waals surface area contributed by atoms with Crippen LogP contribution in [0.2, 0.25) is 0 Å². The number of nitrogens with zero attached hydrogens (tertiary/aromatic N) is 1. The molecular formula is C15H19NO. The fraction of sp³-hybridized carbons (Fsp3) is 0.267. The molecule has 2 heteroatoms. The first kappa shape index (κ1) is 13.4. The van der Waals surface area contributed by atoms with Gasteiger partial charge < -0.3 is 5.11 Å². The van der Waals surface area contributed by atoms with Crippen LogP contribution in [0.3, 0.4) is 0 Å². The summed E-state index contributed by atoms with van der Waals surface area (Å²) >= 11 is 0. The van der Waals surface area contributed by atoms with Crippen LogP contribution in [0.25, 0.3) is 0 Å². The monoisotopic (exact) mass is 229 g/mol. The molecule has 2 nitrogen and oxygen atoms in total. The predicted molar refractivity (Wildman–Crippen MR) is 70.7 cm³/mol. The van der Waals surface area contributed by atoms with Crippen molar-refractivity contribution in [1.29, 1.82) is 0 Å². The minimum absolute atomic E-state index is 0.471. The summed E-state index contributed by atoms with van der Waals surface area (Å²) in [6.07, 6.45) is 1.83. The lowest BCUT2D eigenvalue weighted by Crippen LogP contribution is -2.02. The summed E-state index contributed by atoms with van der Waals surface area (Å²) in [5, 5.41) is 9.93. The fourth-order valence-corrected chi connectivity index (χ4v) is 1.51. The molecule has 1 unspecified atom stereocenters. The molecule has 1 aromatic carbocycles. The minimum atomic E-state index is -0.471. The van der Waals surface area contributed by atoms with Crippen molar-refractivity contribution >= 4 is 0 Å². The Morgan fingerprint density at radius 1 is 1.00 bits per heavy atom. The summed E-state index contributed by atoms with van der Waals surface area (Å²) in [5.74, 6) is 0. The third-order valence-corrected chi connectivity index (χ3v) is 2.31. The highest BCUT2D eigenvalue weighted by molar-refractivity contribution is 5.19. The second kappa shape index (κ2) is 7.58. The maximum absolute atomic E-state index is 9.93. The zero-order valence-electron chi connectivity index (χ0n) is 10.4. The number of aliphatic hydroxyl groups is 1. The Morgan fingerprint density at radius 3 is 2.24 bits per heavy atom. The van der Waals surface area contributed by atoms with Gasteiger partial charge in [0.25, 0.3) is 0 Å². The van der Waals surface area contributed by atoms with E-state index in [0.29, 0.717) is 6.42 Å². The number of pyridine rings is 1. The van der Waals surface area contributed by atoms with E-state index in [9.17, 15) is 5.11 Å². The van der Waals surface area contributed by atoms with Crippen molar-refractivity contribution in [2.45, 2.75) is 26.4 Å². The Balaban J connectivity index is 0.000000686. The highest BCUT2D eigenvalue weighted by Crippen LogP contribution is 2.16. The van der Waals surface area contributed by atoms with Gasteiger partial charge in [0, 0.05) is 18.3 Å². The van der Waals surface area contributed by atoms with Crippen molar-refractivity contribution in [1.82, 2.24) is 4.98 Å². The maximum atomic E-state index is 9.93. The summed E-state index contributed by atoms with van der Waals surface area (Å²) in [6, 6.07) is 15.4. The standard InChI is InChI=1S/C13H13NO.C2H6/c15-13(11-6-2-1-3-7-11)10-12-8-4-5-9-14-12;1-2/h1-9,13,15H,10H2;1-2H3. The predicted octanol–water partition coefficient (Wildman–Crippen LogP) is 3.38. The van der Waals surface area contributed by atoms with E-state index < -0.39 is 6.10 Å². The molecular weight excluding hydrogens is 210 g/mol. The molecule has 0 saturated carbocycles. The van der Waals surface area contributed by atoms with Gasteiger partial charge in [0.15, 0.2) is 0 Å². The van der Waals surface area contributed by atoms with Gasteiger partial charge >= 0.3 is 0 Å². The van der Waals surface area contributed by atoms with Crippen molar-refractivity contribution < 1.29 is 5.11 Å². The lowest BCUT2D eigenvalue weighted by molar-refractivity contribution is 0.177. The number of benzene rings is 1. The van der Waals surface area contributed by atoms with E-state index in [2.05, 4.69) is 4.98 Å². The first-order valence-electron chi connectivity index (χ1n) is 5.99. The van der Waals surface area contributed by atoms with Crippen molar-refractivity contribution in [3.05, 3.63) is 66.0 Å². The van der Waals surface area contributed by atoms with Gasteiger partial charge in [-0.25, -0.2) is 0 Å². The van der Waals surface area contributed by atoms with Crippen molar-refractivity contribution in [2.24, 2.45) is 0 Å². The summed E-state index contributed by atoms with van der Waals surface area (Å²) in [5.41, 5.74) is 1.84. The average molecular weight is 229 g/mol. The molecule has 0 amide bonds. The largest absolute Gasteiger partial charge is 0.388 e. The number of rotatable bonds is 3. The van der Waals surface area contributed by atoms with E-state index in [0.717, 1.165) is 11.3 Å². The van der Waals surface area contributed by atoms with Gasteiger partial charge in [-0.15, -0.1) is 0 Å². The lowest BCUT2D eigenvalue weighted by atomic mass is 10.0. The molecule has 0 saturated heterocycles. The van der Waals surface area contributed by atoms with Crippen LogP contribution in [0.1, 0.15) is 31.2 Å². The topological polar surface area (TPSA) is 33.1 Å². The van der Waals surface area contributed by atoms with Crippen molar-refractivity contribution in [3.8, 4) is 0 Å². The van der Waals surface area contributed by atoms with Gasteiger partial charge in [-0.05, 0) is 17.7 Å². The smallest absolute Gasteiger partial charge is 0.0845 e. The molecule has 90 valence electrons. The average Bonchev–Trinajstić information content (AvgIpc) is 2.43. The zero-order chi connectivity index (χ0) is 12.5. The highest BCUT2D eigenvalue weighted by atomic mass is 16.3. The second-order valence-electron chi connectivity index (χ2n) is 3.45. The minimum Gasteiger partial charge on any atom is -0.388 e. The van der Waals surface area contributed by atoms with E-state index in [1.165, 1.54) is 0 Å². The Hall–Kier alpha value is -1.67. The zero-order valence-corrected chi connectivity index (χ0v) is 10.4. The van der Waals surface area contributed by atoms with Crippen LogP contribution >= 0.6 is 0 Å². The molecule has 2 rings (SSSR count). The fourth-order valence-electron chi connectivity index (χ4n) is 1.51. The van der Waals surface area contributed by atoms with Crippen LogP contribution in [0, 0.1) is 0 Å². The summed E-state index contributed by atoms with van der Waals surface area (Å²) in [7, 11) is 0. The van der Waals surface area contributed by atoms with Crippen molar-refractivity contribution in [3.63, 3.8) is 0 Å². The number of hydrogen-bond acceptors (Lipinski definition) is 2. The Morgan fingerprint density at radius 2 is 1.65 bits per heavy atom. The SMILES string of the molecule is CC.OC(Cc1ccccn1)c1ccccc1. The van der Waals surface area contributed by atoms with Gasteiger partial charge in [-0.1, -0.05) is 50.2 Å². The van der Waals surface area contributed by atoms with E-state index in [1.54, 1.807) is 6.20 Å². The van der Waals surface area contributed by atoms with E-state index in [-0.39, 0.29) is 0 Å².